The molecule has 147 heavy (non-hydrogen) atoms. The lowest BCUT2D eigenvalue weighted by Gasteiger charge is -2.28. The number of guanidine groups is 1. The Morgan fingerprint density at radius 1 is 0.381 bits per heavy atom. The van der Waals surface area contributed by atoms with Crippen LogP contribution in [0.4, 0.5) is 0 Å². The first-order chi connectivity index (χ1) is 70.2. The van der Waals surface area contributed by atoms with Gasteiger partial charge in [0.05, 0.1) is 104 Å². The highest BCUT2D eigenvalue weighted by atomic mass is 32.1. The highest BCUT2D eigenvalue weighted by Crippen LogP contribution is 2.21. The van der Waals surface area contributed by atoms with Crippen molar-refractivity contribution in [3.63, 3.8) is 0 Å². The molecule has 7 rings (SSSR count). The first-order valence-corrected chi connectivity index (χ1v) is 49.1. The Kier molecular flexibility index (Phi) is 50.3. The van der Waals surface area contributed by atoms with E-state index in [0.29, 0.717) is 31.4 Å². The van der Waals surface area contributed by atoms with Gasteiger partial charge < -0.3 is 163 Å². The zero-order valence-corrected chi connectivity index (χ0v) is 83.7. The average Bonchev–Trinajstić information content (AvgIpc) is 1.61. The summed E-state index contributed by atoms with van der Waals surface area (Å²) in [4.78, 5) is 298. The molecule has 17 amide bonds. The quantitative estimate of drug-likeness (QED) is 0.00730. The maximum Gasteiger partial charge on any atom is 0.326 e. The second kappa shape index (κ2) is 62.1. The molecule has 808 valence electrons. The van der Waals surface area contributed by atoms with Gasteiger partial charge in [0.15, 0.2) is 5.96 Å². The number of aromatic nitrogens is 12. The Hall–Kier alpha value is -14.9. The van der Waals surface area contributed by atoms with Crippen molar-refractivity contribution in [2.24, 2.45) is 40.7 Å². The van der Waals surface area contributed by atoms with Gasteiger partial charge in [0.1, 0.15) is 90.6 Å². The molecule has 16 atom stereocenters. The first-order valence-electron chi connectivity index (χ1n) is 48.4. The number of thiol groups is 1. The molecule has 0 saturated carbocycles. The van der Waals surface area contributed by atoms with Crippen LogP contribution in [0, 0.1) is 23.2 Å². The normalized spacial score (nSPS) is 15.4. The largest absolute Gasteiger partial charge is 0.480 e. The number of aliphatic hydroxyl groups excluding tert-OH is 2. The Morgan fingerprint density at radius 3 is 1.00 bits per heavy atom. The average molecular weight is 2080 g/mol. The Morgan fingerprint density at radius 2 is 0.667 bits per heavy atom. The summed E-state index contributed by atoms with van der Waals surface area (Å²) in [6, 6.07) is -23.6. The summed E-state index contributed by atoms with van der Waals surface area (Å²) in [5.41, 5.74) is 24.5. The summed E-state index contributed by atoms with van der Waals surface area (Å²) < 4.78 is 0. The van der Waals surface area contributed by atoms with Gasteiger partial charge in [-0.25, -0.2) is 34.7 Å². The number of H-pyrrole nitrogens is 6. The minimum Gasteiger partial charge on any atom is -0.480 e. The number of aliphatic carboxylic acids is 1. The van der Waals surface area contributed by atoms with Crippen LogP contribution < -0.4 is 113 Å². The van der Waals surface area contributed by atoms with Gasteiger partial charge in [-0.1, -0.05) is 41.5 Å². The monoisotopic (exact) mass is 2080 g/mol. The molecule has 6 aromatic rings. The highest BCUT2D eigenvalue weighted by molar-refractivity contribution is 7.80. The molecular formula is C90H141N35O21S. The summed E-state index contributed by atoms with van der Waals surface area (Å²) >= 11 is 4.07. The molecule has 6 aromatic heterocycles. The van der Waals surface area contributed by atoms with Crippen LogP contribution in [-0.4, -0.2) is 347 Å². The number of amides is 17. The number of likely N-dealkylation sites (tertiary alicyclic amines) is 1. The molecule has 1 aliphatic rings. The second-order valence-electron chi connectivity index (χ2n) is 36.6. The number of hydrogen-bond donors (Lipinski definition) is 32. The van der Waals surface area contributed by atoms with Crippen molar-refractivity contribution in [2.45, 2.75) is 260 Å². The standard InChI is InChI=1S/C90H141N35O21S/c1-47(2)21-60(114-74(130)56(93)40-147)79(135)112-57(13-7-9-17-91)75(131)104-37-73(129)125-20-12-16-71(125)88(144)113-59(15-11-19-102-90(94)95)78(134)124-70(39-127)87(143)116-62(23-49(5)6)81(137)123-69(38-126)76(132)103-36-72(128)111-58(14-8-10-18-92)77(133)115-61(22-48(3)4)80(136)117-63(24-50-30-96-41-105-50)82(138)118-64(25-51-31-97-42-106-51)83(139)119-65(26-52-32-98-43-107-52)84(140)120-66(27-53-33-99-44-108-53)85(141)121-67(28-54-34-100-45-109-54)86(142)122-68(89(145)146)29-55-35-101-46-110-55/h30-35,41-49,56-71,126-127,147H,7-29,36-40,91-93H2,1-6H3,(H,96,105)(H,97,106)(H,98,107)(H,99,108)(H,100,109)(H,101,110)(H,103,132)(H,104,131)(H,111,128)(H,112,135)(H,113,144)(H,114,130)(H,115,133)(H,116,143)(H,117,136)(H,118,138)(H,119,139)(H,120,140)(H,121,141)(H,122,142)(H,123,137)(H,124,134)(H,145,146)(H4,94,95,102)/t56-,57-,58-,59-,60-,61-,62-,63-,64-,65-,66-,67-,68-,69-,70-,71-/m0/s1. The van der Waals surface area contributed by atoms with E-state index in [0.717, 1.165) is 0 Å². The summed E-state index contributed by atoms with van der Waals surface area (Å²) in [7, 11) is 0. The number of rotatable bonds is 67. The smallest absolute Gasteiger partial charge is 0.326 e. The molecule has 0 aliphatic carbocycles. The molecule has 35 N–H and O–H groups in total. The van der Waals surface area contributed by atoms with Gasteiger partial charge in [-0.05, 0) is 114 Å². The number of hydrogen-bond acceptors (Lipinski definition) is 31. The van der Waals surface area contributed by atoms with Crippen molar-refractivity contribution in [3.05, 3.63) is 109 Å². The van der Waals surface area contributed by atoms with Crippen molar-refractivity contribution in [1.82, 2.24) is 155 Å². The summed E-state index contributed by atoms with van der Waals surface area (Å²) in [6.07, 6.45) is 16.3. The SMILES string of the molecule is CC(C)C[C@H](NC(=O)[C@H](CCCCN)NC(=O)CNC(=O)[C@H](CO)NC(=O)[C@H](CC(C)C)NC(=O)[C@H](CO)NC(=O)[C@H](CCCNC(=N)N)NC(=O)[C@@H]1CCCN1C(=O)CNC(=O)[C@H](CCCCN)NC(=O)[C@H](CC(C)C)NC(=O)[C@@H](N)CS)C(=O)N[C@@H](Cc1c[nH]cn1)C(=O)N[C@@H](Cc1c[nH]cn1)C(=O)N[C@@H](Cc1c[nH]cn1)C(=O)N[C@@H](Cc1c[nH]cn1)C(=O)N[C@@H](Cc1c[nH]cn1)C(=O)N[C@@H](Cc1c[nH]cn1)C(=O)O. The van der Waals surface area contributed by atoms with Crippen LogP contribution >= 0.6 is 12.6 Å². The maximum absolute atomic E-state index is 15.1. The zero-order chi connectivity index (χ0) is 108. The van der Waals surface area contributed by atoms with Gasteiger partial charge in [-0.2, -0.15) is 12.6 Å². The lowest BCUT2D eigenvalue weighted by molar-refractivity contribution is -0.142. The third-order valence-electron chi connectivity index (χ3n) is 23.3. The topological polar surface area (TPSA) is 876 Å². The predicted molar refractivity (Wildman–Crippen MR) is 528 cm³/mol. The fraction of sp³-hybridized carbons (Fsp3) is 0.589. The van der Waals surface area contributed by atoms with E-state index >= 15 is 9.59 Å². The number of nitrogens with one attached hydrogen (secondary N) is 24. The first kappa shape index (κ1) is 119. The van der Waals surface area contributed by atoms with Crippen molar-refractivity contribution in [1.29, 1.82) is 5.41 Å². The highest BCUT2D eigenvalue weighted by Gasteiger charge is 2.42. The molecule has 0 bridgehead atoms. The molecule has 7 heterocycles. The number of nitrogens with two attached hydrogens (primary N) is 4. The number of aromatic amines is 6. The van der Waals surface area contributed by atoms with Crippen LogP contribution in [0.1, 0.15) is 159 Å². The fourth-order valence-electron chi connectivity index (χ4n) is 15.6. The molecule has 0 aromatic carbocycles. The van der Waals surface area contributed by atoms with Crippen molar-refractivity contribution < 1.29 is 102 Å². The summed E-state index contributed by atoms with van der Waals surface area (Å²) in [5, 5.41) is 82.6. The maximum atomic E-state index is 15.1. The molecule has 57 heteroatoms. The van der Waals surface area contributed by atoms with Crippen LogP contribution in [-0.2, 0) is 125 Å². The van der Waals surface area contributed by atoms with E-state index in [2.05, 4.69) is 163 Å². The summed E-state index contributed by atoms with van der Waals surface area (Å²) in [6.45, 7) is 7.23. The van der Waals surface area contributed by atoms with Crippen LogP contribution in [0.5, 0.6) is 0 Å². The molecular weight excluding hydrogens is 1940 g/mol. The molecule has 56 nitrogen and oxygen atoms in total. The van der Waals surface area contributed by atoms with Gasteiger partial charge in [0, 0.05) is 94.5 Å². The molecule has 1 saturated heterocycles. The van der Waals surface area contributed by atoms with Gasteiger partial charge in [0.25, 0.3) is 0 Å². The molecule has 0 unspecified atom stereocenters. The van der Waals surface area contributed by atoms with Crippen molar-refractivity contribution >= 4 is 125 Å². The molecule has 1 aliphatic heterocycles. The molecule has 0 radical (unpaired) electrons. The lowest BCUT2D eigenvalue weighted by atomic mass is 10.0. The fourth-order valence-corrected chi connectivity index (χ4v) is 15.8. The minimum absolute atomic E-state index is 0.00392. The van der Waals surface area contributed by atoms with Crippen LogP contribution in [0.2, 0.25) is 0 Å². The minimum atomic E-state index is -1.83. The van der Waals surface area contributed by atoms with E-state index in [1.165, 1.54) is 80.0 Å². The lowest BCUT2D eigenvalue weighted by Crippen LogP contribution is -2.61. The van der Waals surface area contributed by atoms with Crippen LogP contribution in [0.25, 0.3) is 0 Å². The van der Waals surface area contributed by atoms with E-state index in [1.807, 2.05) is 13.8 Å². The van der Waals surface area contributed by atoms with E-state index in [9.17, 15) is 92.0 Å². The number of carbonyl (C=O) groups is 18. The van der Waals surface area contributed by atoms with E-state index in [-0.39, 0.29) is 174 Å². The van der Waals surface area contributed by atoms with Crippen molar-refractivity contribution in [3.8, 4) is 0 Å². The van der Waals surface area contributed by atoms with Crippen LogP contribution in [0.3, 0.4) is 0 Å². The number of carboxylic acids is 1. The summed E-state index contributed by atoms with van der Waals surface area (Å²) in [5.74, 6) is -18.4. The number of imidazole rings is 6. The van der Waals surface area contributed by atoms with E-state index < -0.39 is 235 Å². The number of carboxylic acid groups (broad SMARTS) is 1. The van der Waals surface area contributed by atoms with E-state index in [4.69, 9.17) is 28.3 Å². The number of nitrogens with zero attached hydrogens (tertiary/aromatic N) is 7. The van der Waals surface area contributed by atoms with Crippen molar-refractivity contribution in [2.75, 3.05) is 58.2 Å². The van der Waals surface area contributed by atoms with Gasteiger partial charge in [-0.15, -0.1) is 0 Å². The van der Waals surface area contributed by atoms with Crippen LogP contribution in [0.15, 0.2) is 75.1 Å². The number of unbranched alkanes of at least 4 members (excludes halogenated alkanes) is 2. The zero-order valence-electron chi connectivity index (χ0n) is 82.8. The number of aliphatic hydroxyl groups is 2. The third-order valence-corrected chi connectivity index (χ3v) is 23.7. The second-order valence-corrected chi connectivity index (χ2v) is 37.0. The Bertz CT molecular complexity index is 5210. The van der Waals surface area contributed by atoms with E-state index in [1.54, 1.807) is 27.7 Å². The molecule has 1 fully saturated rings. The van der Waals surface area contributed by atoms with Gasteiger partial charge >= 0.3 is 5.97 Å². The third kappa shape index (κ3) is 41.3. The predicted octanol–water partition coefficient (Wildman–Crippen LogP) is -9.22. The number of carbonyl (C=O) groups excluding carboxylic acids is 17. The van der Waals surface area contributed by atoms with Gasteiger partial charge in [0.2, 0.25) is 100 Å². The van der Waals surface area contributed by atoms with Gasteiger partial charge in [-0.3, -0.25) is 86.9 Å². The Labute approximate surface area is 851 Å². The molecule has 0 spiro atoms. The Balaban J connectivity index is 1.000.